The van der Waals surface area contributed by atoms with E-state index in [0.29, 0.717) is 18.0 Å². The van der Waals surface area contributed by atoms with E-state index >= 15 is 0 Å². The van der Waals surface area contributed by atoms with E-state index in [-0.39, 0.29) is 19.0 Å². The van der Waals surface area contributed by atoms with Crippen molar-refractivity contribution in [2.24, 2.45) is 0 Å². The molecule has 0 aliphatic carbocycles. The number of benzene rings is 3. The third-order valence-electron chi connectivity index (χ3n) is 5.56. The minimum Gasteiger partial charge on any atom is -0.489 e. The number of halogens is 1. The van der Waals surface area contributed by atoms with Crippen molar-refractivity contribution in [2.75, 3.05) is 25.0 Å². The van der Waals surface area contributed by atoms with Gasteiger partial charge in [0, 0.05) is 37.9 Å². The van der Waals surface area contributed by atoms with E-state index in [1.165, 1.54) is 23.3 Å². The summed E-state index contributed by atoms with van der Waals surface area (Å²) in [4.78, 5) is 14.5. The highest BCUT2D eigenvalue weighted by Gasteiger charge is 2.18. The molecule has 3 N–H and O–H groups in total. The molecule has 2 amide bonds. The van der Waals surface area contributed by atoms with E-state index in [1.54, 1.807) is 36.4 Å². The predicted octanol–water partition coefficient (Wildman–Crippen LogP) is 3.95. The normalized spacial score (nSPS) is 14.2. The van der Waals surface area contributed by atoms with Gasteiger partial charge in [-0.15, -0.1) is 0 Å². The molecule has 7 heteroatoms. The van der Waals surface area contributed by atoms with Gasteiger partial charge in [-0.2, -0.15) is 0 Å². The number of anilines is 1. The highest BCUT2D eigenvalue weighted by atomic mass is 19.1. The van der Waals surface area contributed by atoms with Crippen molar-refractivity contribution in [1.29, 1.82) is 0 Å². The topological polar surface area (TPSA) is 73.8 Å². The molecule has 4 rings (SSSR count). The second-order valence-electron chi connectivity index (χ2n) is 8.19. The number of hydrogen-bond donors (Lipinski definition) is 3. The minimum atomic E-state index is -0.665. The van der Waals surface area contributed by atoms with E-state index in [2.05, 4.69) is 33.7 Å². The van der Waals surface area contributed by atoms with Crippen molar-refractivity contribution >= 4 is 11.7 Å². The van der Waals surface area contributed by atoms with Crippen LogP contribution in [0.5, 0.6) is 5.75 Å². The fourth-order valence-corrected chi connectivity index (χ4v) is 3.92. The van der Waals surface area contributed by atoms with Gasteiger partial charge in [0.25, 0.3) is 0 Å². The van der Waals surface area contributed by atoms with E-state index in [1.807, 2.05) is 6.07 Å². The number of ether oxygens (including phenoxy) is 1. The van der Waals surface area contributed by atoms with Crippen LogP contribution in [0.25, 0.3) is 0 Å². The van der Waals surface area contributed by atoms with E-state index < -0.39 is 12.1 Å². The Kier molecular flexibility index (Phi) is 7.55. The smallest absolute Gasteiger partial charge is 0.319 e. The quantitative estimate of drug-likeness (QED) is 0.487. The average molecular weight is 450 g/mol. The SMILES string of the molecule is O=C(NCC(O)CN1CCc2ccccc2C1)Nc1cccc(OCc2cccc(F)c2)c1. The summed E-state index contributed by atoms with van der Waals surface area (Å²) < 4.78 is 19.0. The summed E-state index contributed by atoms with van der Waals surface area (Å²) in [6, 6.07) is 21.1. The molecule has 1 unspecified atom stereocenters. The summed E-state index contributed by atoms with van der Waals surface area (Å²) in [5.74, 6) is 0.248. The van der Waals surface area contributed by atoms with Gasteiger partial charge in [0.2, 0.25) is 0 Å². The Labute approximate surface area is 193 Å². The second kappa shape index (κ2) is 10.9. The van der Waals surface area contributed by atoms with Crippen molar-refractivity contribution in [3.05, 3.63) is 95.3 Å². The molecule has 1 aliphatic rings. The molecule has 0 saturated carbocycles. The van der Waals surface area contributed by atoms with E-state index in [9.17, 15) is 14.3 Å². The zero-order valence-electron chi connectivity index (χ0n) is 18.3. The Morgan fingerprint density at radius 1 is 1.06 bits per heavy atom. The third kappa shape index (κ3) is 6.78. The van der Waals surface area contributed by atoms with Gasteiger partial charge in [0.05, 0.1) is 6.10 Å². The maximum Gasteiger partial charge on any atom is 0.319 e. The zero-order valence-corrected chi connectivity index (χ0v) is 18.3. The number of aliphatic hydroxyl groups excluding tert-OH is 1. The summed E-state index contributed by atoms with van der Waals surface area (Å²) in [7, 11) is 0. The van der Waals surface area contributed by atoms with Gasteiger partial charge in [-0.3, -0.25) is 4.90 Å². The highest BCUT2D eigenvalue weighted by molar-refractivity contribution is 5.89. The first-order chi connectivity index (χ1) is 16.0. The summed E-state index contributed by atoms with van der Waals surface area (Å²) >= 11 is 0. The number of urea groups is 1. The number of β-amino-alcohol motifs (C(OH)–C–C–N with tert-alkyl or cyclic N) is 1. The average Bonchev–Trinajstić information content (AvgIpc) is 2.82. The van der Waals surface area contributed by atoms with Crippen LogP contribution in [0.2, 0.25) is 0 Å². The van der Waals surface area contributed by atoms with Gasteiger partial charge in [0.15, 0.2) is 0 Å². The standard InChI is InChI=1S/C26H28FN3O3/c27-22-8-3-5-19(13-22)18-33-25-10-4-9-23(14-25)29-26(32)28-15-24(31)17-30-12-11-20-6-1-2-7-21(20)16-30/h1-10,13-14,24,31H,11-12,15-18H2,(H2,28,29,32). The lowest BCUT2D eigenvalue weighted by molar-refractivity contribution is 0.106. The first kappa shape index (κ1) is 22.8. The Balaban J connectivity index is 1.21. The van der Waals surface area contributed by atoms with Crippen LogP contribution in [0.1, 0.15) is 16.7 Å². The number of nitrogens with zero attached hydrogens (tertiary/aromatic N) is 1. The number of carbonyl (C=O) groups is 1. The van der Waals surface area contributed by atoms with Gasteiger partial charge < -0.3 is 20.5 Å². The number of nitrogens with one attached hydrogen (secondary N) is 2. The molecule has 1 atom stereocenters. The Morgan fingerprint density at radius 2 is 1.88 bits per heavy atom. The summed E-state index contributed by atoms with van der Waals surface area (Å²) in [6.07, 6.45) is 0.302. The summed E-state index contributed by atoms with van der Waals surface area (Å²) in [6.45, 7) is 2.57. The molecular weight excluding hydrogens is 421 g/mol. The largest absolute Gasteiger partial charge is 0.489 e. The predicted molar refractivity (Wildman–Crippen MR) is 126 cm³/mol. The first-order valence-corrected chi connectivity index (χ1v) is 11.0. The van der Waals surface area contributed by atoms with Crippen molar-refractivity contribution in [2.45, 2.75) is 25.7 Å². The van der Waals surface area contributed by atoms with Crippen LogP contribution >= 0.6 is 0 Å². The Bertz CT molecular complexity index is 1090. The van der Waals surface area contributed by atoms with Crippen LogP contribution < -0.4 is 15.4 Å². The Morgan fingerprint density at radius 3 is 2.73 bits per heavy atom. The van der Waals surface area contributed by atoms with Crippen LogP contribution in [0.15, 0.2) is 72.8 Å². The first-order valence-electron chi connectivity index (χ1n) is 11.0. The lowest BCUT2D eigenvalue weighted by Gasteiger charge is -2.30. The molecule has 0 radical (unpaired) electrons. The second-order valence-corrected chi connectivity index (χ2v) is 8.19. The third-order valence-corrected chi connectivity index (χ3v) is 5.56. The van der Waals surface area contributed by atoms with Crippen molar-refractivity contribution in [3.63, 3.8) is 0 Å². The van der Waals surface area contributed by atoms with E-state index in [4.69, 9.17) is 4.74 Å². The van der Waals surface area contributed by atoms with Crippen molar-refractivity contribution in [1.82, 2.24) is 10.2 Å². The number of hydrogen-bond acceptors (Lipinski definition) is 4. The van der Waals surface area contributed by atoms with Crippen molar-refractivity contribution in [3.8, 4) is 5.75 Å². The summed E-state index contributed by atoms with van der Waals surface area (Å²) in [5, 5.41) is 15.8. The maximum atomic E-state index is 13.3. The van der Waals surface area contributed by atoms with Crippen LogP contribution in [0.4, 0.5) is 14.9 Å². The fraction of sp³-hybridized carbons (Fsp3) is 0.269. The van der Waals surface area contributed by atoms with Crippen LogP contribution in [0, 0.1) is 5.82 Å². The number of aliphatic hydroxyl groups is 1. The minimum absolute atomic E-state index is 0.153. The summed E-state index contributed by atoms with van der Waals surface area (Å²) in [5.41, 5.74) is 3.94. The molecule has 33 heavy (non-hydrogen) atoms. The monoisotopic (exact) mass is 449 g/mol. The van der Waals surface area contributed by atoms with Gasteiger partial charge in [-0.25, -0.2) is 9.18 Å². The van der Waals surface area contributed by atoms with Gasteiger partial charge in [-0.1, -0.05) is 42.5 Å². The molecule has 1 aliphatic heterocycles. The zero-order chi connectivity index (χ0) is 23.0. The fourth-order valence-electron chi connectivity index (χ4n) is 3.92. The lowest BCUT2D eigenvalue weighted by Crippen LogP contribution is -2.42. The van der Waals surface area contributed by atoms with Gasteiger partial charge in [0.1, 0.15) is 18.2 Å². The molecule has 0 spiro atoms. The lowest BCUT2D eigenvalue weighted by atomic mass is 10.00. The number of fused-ring (bicyclic) bond motifs is 1. The number of carbonyl (C=O) groups excluding carboxylic acids is 1. The van der Waals surface area contributed by atoms with Crippen LogP contribution in [-0.4, -0.2) is 41.8 Å². The molecule has 1 heterocycles. The van der Waals surface area contributed by atoms with Gasteiger partial charge in [-0.05, 0) is 47.4 Å². The molecule has 3 aromatic rings. The van der Waals surface area contributed by atoms with Gasteiger partial charge >= 0.3 is 6.03 Å². The number of amides is 2. The maximum absolute atomic E-state index is 13.3. The molecule has 6 nitrogen and oxygen atoms in total. The van der Waals surface area contributed by atoms with Crippen LogP contribution in [0.3, 0.4) is 0 Å². The molecule has 0 aromatic heterocycles. The molecule has 0 fully saturated rings. The molecule has 0 saturated heterocycles. The molecule has 3 aromatic carbocycles. The van der Waals surface area contributed by atoms with E-state index in [0.717, 1.165) is 25.1 Å². The molecule has 172 valence electrons. The Hall–Kier alpha value is -3.42. The molecule has 0 bridgehead atoms. The molecular formula is C26H28FN3O3. The number of rotatable bonds is 8. The van der Waals surface area contributed by atoms with Crippen molar-refractivity contribution < 1.29 is 19.0 Å². The highest BCUT2D eigenvalue weighted by Crippen LogP contribution is 2.20. The van der Waals surface area contributed by atoms with Crippen LogP contribution in [-0.2, 0) is 19.6 Å².